The molecule has 0 unspecified atom stereocenters. The van der Waals surface area contributed by atoms with Crippen LogP contribution in [0.2, 0.25) is 0 Å². The van der Waals surface area contributed by atoms with E-state index in [0.717, 1.165) is 0 Å². The highest BCUT2D eigenvalue weighted by Crippen LogP contribution is 2.21. The van der Waals surface area contributed by atoms with Crippen molar-refractivity contribution in [1.29, 1.82) is 0 Å². The van der Waals surface area contributed by atoms with E-state index >= 15 is 0 Å². The molecule has 0 aliphatic heterocycles. The maximum Gasteiger partial charge on any atom is 0.163 e. The van der Waals surface area contributed by atoms with Gasteiger partial charge in [-0.2, -0.15) is 0 Å². The molecule has 0 aromatic carbocycles. The third kappa shape index (κ3) is 1.08. The second-order valence-electron chi connectivity index (χ2n) is 2.27. The first kappa shape index (κ1) is 7.30. The molecule has 0 saturated heterocycles. The van der Waals surface area contributed by atoms with E-state index in [0.29, 0.717) is 11.0 Å². The van der Waals surface area contributed by atoms with Gasteiger partial charge in [0, 0.05) is 11.6 Å². The standard InChI is InChI=1S/C7H5N3OS/c11-5-1-4-2-8-3-9-6(4)10-7(5)12/h1-3,11H,(H,8,9,10,12). The molecule has 2 heterocycles. The van der Waals surface area contributed by atoms with Gasteiger partial charge in [-0.3, -0.25) is 0 Å². The summed E-state index contributed by atoms with van der Waals surface area (Å²) in [5.74, 6) is 0.0423. The van der Waals surface area contributed by atoms with Gasteiger partial charge in [-0.1, -0.05) is 0 Å². The van der Waals surface area contributed by atoms with E-state index < -0.39 is 0 Å². The molecule has 0 fully saturated rings. The van der Waals surface area contributed by atoms with Crippen LogP contribution in [0, 0.1) is 0 Å². The summed E-state index contributed by atoms with van der Waals surface area (Å²) in [6.45, 7) is 0. The monoisotopic (exact) mass is 179 g/mol. The van der Waals surface area contributed by atoms with Crippen LogP contribution in [0.4, 0.5) is 0 Å². The van der Waals surface area contributed by atoms with Crippen molar-refractivity contribution >= 4 is 23.7 Å². The summed E-state index contributed by atoms with van der Waals surface area (Å²) in [5.41, 5.74) is 0.535. The van der Waals surface area contributed by atoms with Gasteiger partial charge < -0.3 is 5.11 Å². The van der Waals surface area contributed by atoms with Crippen molar-refractivity contribution in [3.63, 3.8) is 0 Å². The van der Waals surface area contributed by atoms with Crippen molar-refractivity contribution in [2.45, 2.75) is 5.03 Å². The van der Waals surface area contributed by atoms with E-state index in [1.807, 2.05) is 0 Å². The van der Waals surface area contributed by atoms with Crippen LogP contribution >= 0.6 is 12.6 Å². The van der Waals surface area contributed by atoms with Gasteiger partial charge in [0.15, 0.2) is 5.65 Å². The van der Waals surface area contributed by atoms with Gasteiger partial charge in [-0.15, -0.1) is 12.6 Å². The Bertz CT molecular complexity index is 391. The number of thiol groups is 1. The van der Waals surface area contributed by atoms with E-state index in [1.54, 1.807) is 6.20 Å². The summed E-state index contributed by atoms with van der Waals surface area (Å²) in [6, 6.07) is 1.53. The van der Waals surface area contributed by atoms with E-state index in [4.69, 9.17) is 0 Å². The molecule has 2 aromatic heterocycles. The Morgan fingerprint density at radius 1 is 1.42 bits per heavy atom. The Balaban J connectivity index is 2.84. The largest absolute Gasteiger partial charge is 0.505 e. The fourth-order valence-electron chi connectivity index (χ4n) is 0.899. The van der Waals surface area contributed by atoms with Crippen LogP contribution < -0.4 is 0 Å². The number of aromatic hydroxyl groups is 1. The molecule has 12 heavy (non-hydrogen) atoms. The van der Waals surface area contributed by atoms with Gasteiger partial charge in [0.1, 0.15) is 17.1 Å². The number of pyridine rings is 1. The van der Waals surface area contributed by atoms with E-state index in [9.17, 15) is 5.11 Å². The summed E-state index contributed by atoms with van der Waals surface area (Å²) in [5, 5.41) is 10.2. The van der Waals surface area contributed by atoms with E-state index in [1.165, 1.54) is 12.4 Å². The minimum atomic E-state index is 0.0423. The topological polar surface area (TPSA) is 58.9 Å². The molecule has 4 nitrogen and oxygen atoms in total. The number of fused-ring (bicyclic) bond motifs is 1. The maximum absolute atomic E-state index is 9.22. The molecule has 0 aliphatic carbocycles. The van der Waals surface area contributed by atoms with Gasteiger partial charge in [-0.25, -0.2) is 15.0 Å². The normalized spacial score (nSPS) is 10.4. The van der Waals surface area contributed by atoms with Crippen LogP contribution in [-0.2, 0) is 0 Å². The lowest BCUT2D eigenvalue weighted by Crippen LogP contribution is -1.86. The highest BCUT2D eigenvalue weighted by atomic mass is 32.1. The number of nitrogens with zero attached hydrogens (tertiary/aromatic N) is 3. The van der Waals surface area contributed by atoms with Crippen LogP contribution in [0.5, 0.6) is 5.75 Å². The minimum Gasteiger partial charge on any atom is -0.505 e. The molecule has 0 atom stereocenters. The maximum atomic E-state index is 9.22. The smallest absolute Gasteiger partial charge is 0.163 e. The van der Waals surface area contributed by atoms with Gasteiger partial charge in [0.2, 0.25) is 0 Å². The molecular weight excluding hydrogens is 174 g/mol. The van der Waals surface area contributed by atoms with Gasteiger partial charge in [-0.05, 0) is 6.07 Å². The first-order valence-electron chi connectivity index (χ1n) is 3.26. The van der Waals surface area contributed by atoms with Crippen LogP contribution in [0.1, 0.15) is 0 Å². The van der Waals surface area contributed by atoms with Gasteiger partial charge in [0.05, 0.1) is 0 Å². The van der Waals surface area contributed by atoms with Crippen molar-refractivity contribution in [3.8, 4) is 5.75 Å². The molecule has 0 aliphatic rings. The molecule has 5 heteroatoms. The number of aromatic nitrogens is 3. The van der Waals surface area contributed by atoms with E-state index in [-0.39, 0.29) is 10.8 Å². The second kappa shape index (κ2) is 2.60. The third-order valence-electron chi connectivity index (χ3n) is 1.45. The molecule has 0 radical (unpaired) electrons. The molecule has 0 saturated carbocycles. The predicted octanol–water partition coefficient (Wildman–Crippen LogP) is 1.02. The second-order valence-corrected chi connectivity index (χ2v) is 2.69. The van der Waals surface area contributed by atoms with Gasteiger partial charge >= 0.3 is 0 Å². The quantitative estimate of drug-likeness (QED) is 0.593. The average molecular weight is 179 g/mol. The molecule has 0 spiro atoms. The molecule has 2 aromatic rings. The summed E-state index contributed by atoms with van der Waals surface area (Å²) >= 11 is 3.95. The number of hydrogen-bond acceptors (Lipinski definition) is 5. The van der Waals surface area contributed by atoms with E-state index in [2.05, 4.69) is 27.6 Å². The van der Waals surface area contributed by atoms with Crippen molar-refractivity contribution in [3.05, 3.63) is 18.6 Å². The third-order valence-corrected chi connectivity index (χ3v) is 1.78. The summed E-state index contributed by atoms with van der Waals surface area (Å²) in [7, 11) is 0. The van der Waals surface area contributed by atoms with Crippen LogP contribution in [0.25, 0.3) is 11.0 Å². The zero-order valence-electron chi connectivity index (χ0n) is 5.97. The Morgan fingerprint density at radius 2 is 2.25 bits per heavy atom. The summed E-state index contributed by atoms with van der Waals surface area (Å²) in [6.07, 6.45) is 2.99. The van der Waals surface area contributed by atoms with Crippen molar-refractivity contribution in [2.75, 3.05) is 0 Å². The van der Waals surface area contributed by atoms with Crippen molar-refractivity contribution in [2.24, 2.45) is 0 Å². The van der Waals surface area contributed by atoms with Crippen LogP contribution in [0.15, 0.2) is 23.6 Å². The molecule has 1 N–H and O–H groups in total. The fraction of sp³-hybridized carbons (Fsp3) is 0. The zero-order chi connectivity index (χ0) is 8.55. The highest BCUT2D eigenvalue weighted by Gasteiger charge is 2.01. The Labute approximate surface area is 73.7 Å². The Kier molecular flexibility index (Phi) is 1.58. The molecule has 0 bridgehead atoms. The minimum absolute atomic E-state index is 0.0423. The highest BCUT2D eigenvalue weighted by molar-refractivity contribution is 7.80. The average Bonchev–Trinajstić information content (AvgIpc) is 2.07. The SMILES string of the molecule is Oc1cc2cncnc2nc1S. The summed E-state index contributed by atoms with van der Waals surface area (Å²) in [4.78, 5) is 11.6. The zero-order valence-corrected chi connectivity index (χ0v) is 6.86. The Morgan fingerprint density at radius 3 is 3.08 bits per heavy atom. The van der Waals surface area contributed by atoms with Crippen molar-refractivity contribution < 1.29 is 5.11 Å². The van der Waals surface area contributed by atoms with Crippen molar-refractivity contribution in [1.82, 2.24) is 15.0 Å². The van der Waals surface area contributed by atoms with Gasteiger partial charge in [0.25, 0.3) is 0 Å². The summed E-state index contributed by atoms with van der Waals surface area (Å²) < 4.78 is 0. The predicted molar refractivity (Wildman–Crippen MR) is 46.2 cm³/mol. The molecule has 0 amide bonds. The lowest BCUT2D eigenvalue weighted by atomic mass is 10.3. The van der Waals surface area contributed by atoms with Crippen LogP contribution in [-0.4, -0.2) is 20.1 Å². The lowest BCUT2D eigenvalue weighted by Gasteiger charge is -1.98. The molecular formula is C7H5N3OS. The molecule has 2 rings (SSSR count). The first-order chi connectivity index (χ1) is 5.77. The first-order valence-corrected chi connectivity index (χ1v) is 3.71. The Hall–Kier alpha value is -1.36. The molecule has 60 valence electrons. The number of hydrogen-bond donors (Lipinski definition) is 2. The fourth-order valence-corrected chi connectivity index (χ4v) is 1.06. The number of rotatable bonds is 0. The van der Waals surface area contributed by atoms with Crippen LogP contribution in [0.3, 0.4) is 0 Å². The lowest BCUT2D eigenvalue weighted by molar-refractivity contribution is 0.458.